The molecule has 0 radical (unpaired) electrons. The normalized spacial score (nSPS) is 18.6. The zero-order chi connectivity index (χ0) is 9.31. The standard InChI is InChI=1S/C12H17N/c1-10-2-4-11(5-3-10)12(6-7-12)8-9-13/h2-5H,6-9,13H2,1H3. The first-order chi connectivity index (χ1) is 6.27. The van der Waals surface area contributed by atoms with Crippen LogP contribution in [0.4, 0.5) is 0 Å². The monoisotopic (exact) mass is 175 g/mol. The van der Waals surface area contributed by atoms with E-state index in [0.29, 0.717) is 5.41 Å². The minimum atomic E-state index is 0.461. The number of aryl methyl sites for hydroxylation is 1. The van der Waals surface area contributed by atoms with Gasteiger partial charge in [-0.05, 0) is 43.7 Å². The van der Waals surface area contributed by atoms with Crippen LogP contribution < -0.4 is 5.73 Å². The van der Waals surface area contributed by atoms with Crippen LogP contribution in [0.1, 0.15) is 30.4 Å². The molecule has 0 saturated heterocycles. The summed E-state index contributed by atoms with van der Waals surface area (Å²) in [5.74, 6) is 0. The Morgan fingerprint density at radius 2 is 1.85 bits per heavy atom. The van der Waals surface area contributed by atoms with Crippen molar-refractivity contribution in [3.8, 4) is 0 Å². The Morgan fingerprint density at radius 3 is 2.31 bits per heavy atom. The predicted molar refractivity (Wildman–Crippen MR) is 55.8 cm³/mol. The molecule has 70 valence electrons. The van der Waals surface area contributed by atoms with Crippen molar-refractivity contribution in [2.45, 2.75) is 31.6 Å². The van der Waals surface area contributed by atoms with Gasteiger partial charge in [0.1, 0.15) is 0 Å². The Hall–Kier alpha value is -0.820. The van der Waals surface area contributed by atoms with Crippen molar-refractivity contribution in [3.05, 3.63) is 35.4 Å². The number of nitrogens with two attached hydrogens (primary N) is 1. The van der Waals surface area contributed by atoms with Gasteiger partial charge in [-0.2, -0.15) is 0 Å². The van der Waals surface area contributed by atoms with Gasteiger partial charge in [-0.15, -0.1) is 0 Å². The minimum absolute atomic E-state index is 0.461. The molecule has 1 saturated carbocycles. The van der Waals surface area contributed by atoms with E-state index in [9.17, 15) is 0 Å². The highest BCUT2D eigenvalue weighted by atomic mass is 14.6. The highest BCUT2D eigenvalue weighted by molar-refractivity contribution is 5.33. The highest BCUT2D eigenvalue weighted by Crippen LogP contribution is 2.50. The van der Waals surface area contributed by atoms with E-state index in [1.807, 2.05) is 0 Å². The van der Waals surface area contributed by atoms with Crippen molar-refractivity contribution in [2.75, 3.05) is 6.54 Å². The topological polar surface area (TPSA) is 26.0 Å². The predicted octanol–water partition coefficient (Wildman–Crippen LogP) is 2.38. The summed E-state index contributed by atoms with van der Waals surface area (Å²) in [6.07, 6.45) is 3.80. The maximum absolute atomic E-state index is 5.62. The molecular weight excluding hydrogens is 158 g/mol. The fourth-order valence-electron chi connectivity index (χ4n) is 2.02. The molecule has 1 aromatic carbocycles. The molecule has 1 aromatic rings. The van der Waals surface area contributed by atoms with Crippen LogP contribution in [0, 0.1) is 6.92 Å². The Balaban J connectivity index is 2.20. The van der Waals surface area contributed by atoms with Gasteiger partial charge in [0.15, 0.2) is 0 Å². The maximum Gasteiger partial charge on any atom is -0.00344 e. The zero-order valence-corrected chi connectivity index (χ0v) is 8.22. The second kappa shape index (κ2) is 3.15. The van der Waals surface area contributed by atoms with Crippen LogP contribution in [-0.4, -0.2) is 6.54 Å². The first-order valence-corrected chi connectivity index (χ1v) is 5.04. The van der Waals surface area contributed by atoms with Gasteiger partial charge in [0.25, 0.3) is 0 Å². The van der Waals surface area contributed by atoms with E-state index in [1.165, 1.54) is 24.0 Å². The summed E-state index contributed by atoms with van der Waals surface area (Å²) < 4.78 is 0. The van der Waals surface area contributed by atoms with Crippen molar-refractivity contribution < 1.29 is 0 Å². The van der Waals surface area contributed by atoms with Gasteiger partial charge >= 0.3 is 0 Å². The lowest BCUT2D eigenvalue weighted by atomic mass is 9.92. The molecular formula is C12H17N. The zero-order valence-electron chi connectivity index (χ0n) is 8.22. The van der Waals surface area contributed by atoms with Crippen LogP contribution in [0.3, 0.4) is 0 Å². The molecule has 0 heterocycles. The van der Waals surface area contributed by atoms with Crippen LogP contribution in [0.15, 0.2) is 24.3 Å². The molecule has 0 amide bonds. The van der Waals surface area contributed by atoms with Crippen LogP contribution in [0.2, 0.25) is 0 Å². The van der Waals surface area contributed by atoms with Gasteiger partial charge < -0.3 is 5.73 Å². The first-order valence-electron chi connectivity index (χ1n) is 5.04. The van der Waals surface area contributed by atoms with E-state index >= 15 is 0 Å². The van der Waals surface area contributed by atoms with Gasteiger partial charge in [0.2, 0.25) is 0 Å². The smallest absolute Gasteiger partial charge is 0.00344 e. The molecule has 1 nitrogen and oxygen atoms in total. The van der Waals surface area contributed by atoms with E-state index in [2.05, 4.69) is 31.2 Å². The largest absolute Gasteiger partial charge is 0.330 e. The van der Waals surface area contributed by atoms with Crippen LogP contribution in [0.5, 0.6) is 0 Å². The second-order valence-corrected chi connectivity index (χ2v) is 4.19. The number of benzene rings is 1. The number of rotatable bonds is 3. The third kappa shape index (κ3) is 1.61. The van der Waals surface area contributed by atoms with Crippen molar-refractivity contribution in [1.29, 1.82) is 0 Å². The molecule has 2 N–H and O–H groups in total. The van der Waals surface area contributed by atoms with Crippen LogP contribution in [0.25, 0.3) is 0 Å². The third-order valence-electron chi connectivity index (χ3n) is 3.14. The summed E-state index contributed by atoms with van der Waals surface area (Å²) in [6.45, 7) is 2.94. The molecule has 13 heavy (non-hydrogen) atoms. The Morgan fingerprint density at radius 1 is 1.23 bits per heavy atom. The fraction of sp³-hybridized carbons (Fsp3) is 0.500. The molecule has 1 aliphatic carbocycles. The molecule has 0 bridgehead atoms. The van der Waals surface area contributed by atoms with Crippen molar-refractivity contribution in [3.63, 3.8) is 0 Å². The summed E-state index contributed by atoms with van der Waals surface area (Å²) >= 11 is 0. The van der Waals surface area contributed by atoms with Gasteiger partial charge in [-0.25, -0.2) is 0 Å². The maximum atomic E-state index is 5.62. The van der Waals surface area contributed by atoms with Gasteiger partial charge in [0, 0.05) is 0 Å². The number of hydrogen-bond donors (Lipinski definition) is 1. The summed E-state index contributed by atoms with van der Waals surface area (Å²) in [5.41, 5.74) is 8.91. The number of hydrogen-bond acceptors (Lipinski definition) is 1. The fourth-order valence-corrected chi connectivity index (χ4v) is 2.02. The molecule has 0 atom stereocenters. The van der Waals surface area contributed by atoms with Gasteiger partial charge in [-0.3, -0.25) is 0 Å². The lowest BCUT2D eigenvalue weighted by molar-refractivity contribution is 0.629. The SMILES string of the molecule is Cc1ccc(C2(CCN)CC2)cc1. The van der Waals surface area contributed by atoms with Crippen molar-refractivity contribution >= 4 is 0 Å². The quantitative estimate of drug-likeness (QED) is 0.750. The summed E-state index contributed by atoms with van der Waals surface area (Å²) in [4.78, 5) is 0. The van der Waals surface area contributed by atoms with Gasteiger partial charge in [-0.1, -0.05) is 29.8 Å². The first kappa shape index (κ1) is 8.76. The molecule has 0 aromatic heterocycles. The average molecular weight is 175 g/mol. The van der Waals surface area contributed by atoms with Crippen molar-refractivity contribution in [1.82, 2.24) is 0 Å². The Bertz CT molecular complexity index is 282. The molecule has 1 fully saturated rings. The summed E-state index contributed by atoms with van der Waals surface area (Å²) in [7, 11) is 0. The Labute approximate surface area is 80.0 Å². The molecule has 1 aliphatic rings. The van der Waals surface area contributed by atoms with Crippen LogP contribution >= 0.6 is 0 Å². The van der Waals surface area contributed by atoms with Crippen LogP contribution in [-0.2, 0) is 5.41 Å². The highest BCUT2D eigenvalue weighted by Gasteiger charge is 2.42. The van der Waals surface area contributed by atoms with E-state index in [1.54, 1.807) is 0 Å². The van der Waals surface area contributed by atoms with E-state index in [4.69, 9.17) is 5.73 Å². The summed E-state index contributed by atoms with van der Waals surface area (Å²) in [6, 6.07) is 8.92. The molecule has 0 aliphatic heterocycles. The second-order valence-electron chi connectivity index (χ2n) is 4.19. The lowest BCUT2D eigenvalue weighted by Crippen LogP contribution is -2.13. The van der Waals surface area contributed by atoms with E-state index < -0.39 is 0 Å². The summed E-state index contributed by atoms with van der Waals surface area (Å²) in [5, 5.41) is 0. The lowest BCUT2D eigenvalue weighted by Gasteiger charge is -2.14. The van der Waals surface area contributed by atoms with Gasteiger partial charge in [0.05, 0.1) is 0 Å². The van der Waals surface area contributed by atoms with Crippen molar-refractivity contribution in [2.24, 2.45) is 5.73 Å². The molecule has 0 unspecified atom stereocenters. The Kier molecular flexibility index (Phi) is 2.12. The average Bonchev–Trinajstić information content (AvgIpc) is 2.87. The molecule has 2 rings (SSSR count). The molecule has 0 spiro atoms. The third-order valence-corrected chi connectivity index (χ3v) is 3.14. The minimum Gasteiger partial charge on any atom is -0.330 e. The van der Waals surface area contributed by atoms with E-state index in [-0.39, 0.29) is 0 Å². The van der Waals surface area contributed by atoms with E-state index in [0.717, 1.165) is 13.0 Å². The molecule has 1 heteroatoms.